The highest BCUT2D eigenvalue weighted by Gasteiger charge is 2.22. The summed E-state index contributed by atoms with van der Waals surface area (Å²) < 4.78 is 7.32. The van der Waals surface area contributed by atoms with Crippen molar-refractivity contribution in [3.8, 4) is 11.5 Å². The lowest BCUT2D eigenvalue weighted by Crippen LogP contribution is -2.16. The van der Waals surface area contributed by atoms with E-state index in [1.54, 1.807) is 0 Å². The number of aromatic nitrogens is 3. The van der Waals surface area contributed by atoms with Gasteiger partial charge in [-0.2, -0.15) is 5.10 Å². The van der Waals surface area contributed by atoms with Crippen LogP contribution in [0.3, 0.4) is 0 Å². The van der Waals surface area contributed by atoms with Crippen LogP contribution < -0.4 is 5.32 Å². The van der Waals surface area contributed by atoms with Gasteiger partial charge in [0.15, 0.2) is 12.2 Å². The fourth-order valence-corrected chi connectivity index (χ4v) is 1.96. The van der Waals surface area contributed by atoms with Crippen LogP contribution in [0.4, 0.5) is 0 Å². The molecule has 5 heteroatoms. The van der Waals surface area contributed by atoms with Crippen LogP contribution in [0.5, 0.6) is 0 Å². The molecule has 17 heavy (non-hydrogen) atoms. The first-order chi connectivity index (χ1) is 8.24. The Balaban J connectivity index is 1.86. The van der Waals surface area contributed by atoms with E-state index < -0.39 is 0 Å². The van der Waals surface area contributed by atoms with Gasteiger partial charge >= 0.3 is 0 Å². The molecule has 0 bridgehead atoms. The number of rotatable bonds is 4. The van der Waals surface area contributed by atoms with E-state index in [4.69, 9.17) is 4.42 Å². The van der Waals surface area contributed by atoms with E-state index in [1.165, 1.54) is 19.2 Å². The van der Waals surface area contributed by atoms with Gasteiger partial charge < -0.3 is 9.73 Å². The molecule has 1 aliphatic carbocycles. The van der Waals surface area contributed by atoms with E-state index in [2.05, 4.69) is 15.4 Å². The van der Waals surface area contributed by atoms with E-state index in [0.717, 1.165) is 29.4 Å². The summed E-state index contributed by atoms with van der Waals surface area (Å²) in [6, 6.07) is 2.69. The van der Waals surface area contributed by atoms with Crippen molar-refractivity contribution in [2.75, 3.05) is 0 Å². The maximum absolute atomic E-state index is 5.49. The summed E-state index contributed by atoms with van der Waals surface area (Å²) in [6.45, 7) is 2.74. The topological polar surface area (TPSA) is 55.9 Å². The third-order valence-corrected chi connectivity index (χ3v) is 3.01. The second kappa shape index (κ2) is 4.00. The molecule has 0 radical (unpaired) electrons. The van der Waals surface area contributed by atoms with Crippen molar-refractivity contribution >= 4 is 0 Å². The average Bonchev–Trinajstić information content (AvgIpc) is 2.91. The number of oxazole rings is 1. The van der Waals surface area contributed by atoms with Crippen LogP contribution >= 0.6 is 0 Å². The van der Waals surface area contributed by atoms with Crippen LogP contribution in [-0.2, 0) is 13.6 Å². The summed E-state index contributed by atoms with van der Waals surface area (Å²) in [6.07, 6.45) is 4.05. The minimum atomic E-state index is 0.674. The normalized spacial score (nSPS) is 15.4. The number of hydrogen-bond donors (Lipinski definition) is 1. The molecule has 1 saturated carbocycles. The third kappa shape index (κ3) is 2.10. The molecule has 0 unspecified atom stereocenters. The Morgan fingerprint density at radius 2 is 2.35 bits per heavy atom. The summed E-state index contributed by atoms with van der Waals surface area (Å²) >= 11 is 0. The van der Waals surface area contributed by atoms with E-state index >= 15 is 0 Å². The Bertz CT molecular complexity index is 524. The lowest BCUT2D eigenvalue weighted by molar-refractivity contribution is 0.561. The average molecular weight is 232 g/mol. The van der Waals surface area contributed by atoms with Crippen LogP contribution in [-0.4, -0.2) is 20.8 Å². The number of aryl methyl sites for hydroxylation is 2. The van der Waals surface area contributed by atoms with Crippen LogP contribution in [0.15, 0.2) is 16.9 Å². The molecule has 90 valence electrons. The summed E-state index contributed by atoms with van der Waals surface area (Å²) in [5.74, 6) is 0.821. The molecular weight excluding hydrogens is 216 g/mol. The fraction of sp³-hybridized carbons (Fsp3) is 0.500. The quantitative estimate of drug-likeness (QED) is 0.870. The van der Waals surface area contributed by atoms with Crippen molar-refractivity contribution in [3.05, 3.63) is 23.8 Å². The highest BCUT2D eigenvalue weighted by atomic mass is 16.3. The van der Waals surface area contributed by atoms with Gasteiger partial charge in [-0.1, -0.05) is 0 Å². The van der Waals surface area contributed by atoms with Gasteiger partial charge in [0.2, 0.25) is 0 Å². The highest BCUT2D eigenvalue weighted by molar-refractivity contribution is 5.55. The Kier molecular flexibility index (Phi) is 2.48. The minimum Gasteiger partial charge on any atom is -0.442 e. The van der Waals surface area contributed by atoms with Crippen LogP contribution in [0.2, 0.25) is 0 Å². The van der Waals surface area contributed by atoms with Gasteiger partial charge in [-0.05, 0) is 25.8 Å². The molecule has 0 aromatic carbocycles. The van der Waals surface area contributed by atoms with Crippen LogP contribution in [0.25, 0.3) is 11.5 Å². The van der Waals surface area contributed by atoms with Crippen molar-refractivity contribution in [1.29, 1.82) is 0 Å². The number of nitrogens with zero attached hydrogens (tertiary/aromatic N) is 3. The molecule has 1 N–H and O–H groups in total. The van der Waals surface area contributed by atoms with Gasteiger partial charge in [-0.15, -0.1) is 0 Å². The predicted molar refractivity (Wildman–Crippen MR) is 63.3 cm³/mol. The minimum absolute atomic E-state index is 0.674. The molecule has 0 aliphatic heterocycles. The number of nitrogens with one attached hydrogen (secondary N) is 1. The molecule has 1 aliphatic rings. The second-order valence-electron chi connectivity index (χ2n) is 4.58. The van der Waals surface area contributed by atoms with Crippen molar-refractivity contribution in [3.63, 3.8) is 0 Å². The zero-order chi connectivity index (χ0) is 11.8. The van der Waals surface area contributed by atoms with Gasteiger partial charge in [0, 0.05) is 19.6 Å². The van der Waals surface area contributed by atoms with E-state index in [0.29, 0.717) is 6.04 Å². The Hall–Kier alpha value is -1.62. The molecule has 0 atom stereocenters. The fourth-order valence-electron chi connectivity index (χ4n) is 1.96. The molecular formula is C12H16N4O. The monoisotopic (exact) mass is 232 g/mol. The maximum atomic E-state index is 5.49. The summed E-state index contributed by atoms with van der Waals surface area (Å²) in [5.41, 5.74) is 2.92. The number of hydrogen-bond acceptors (Lipinski definition) is 4. The van der Waals surface area contributed by atoms with Gasteiger partial charge in [0.1, 0.15) is 11.4 Å². The first kappa shape index (κ1) is 10.5. The van der Waals surface area contributed by atoms with Gasteiger partial charge in [-0.3, -0.25) is 4.68 Å². The van der Waals surface area contributed by atoms with Crippen molar-refractivity contribution in [1.82, 2.24) is 20.1 Å². The predicted octanol–water partition coefficient (Wildman–Crippen LogP) is 1.64. The molecule has 0 amide bonds. The van der Waals surface area contributed by atoms with Crippen LogP contribution in [0.1, 0.15) is 24.2 Å². The smallest absolute Gasteiger partial charge is 0.181 e. The first-order valence-electron chi connectivity index (χ1n) is 5.91. The van der Waals surface area contributed by atoms with Crippen molar-refractivity contribution in [2.45, 2.75) is 32.4 Å². The SMILES string of the molecule is Cc1cc(-c2ocnc2CNC2CC2)n(C)n1. The molecule has 2 aromatic heterocycles. The zero-order valence-corrected chi connectivity index (χ0v) is 10.1. The van der Waals surface area contributed by atoms with E-state index in [1.807, 2.05) is 24.7 Å². The Morgan fingerprint density at radius 3 is 3.00 bits per heavy atom. The lowest BCUT2D eigenvalue weighted by Gasteiger charge is -2.02. The third-order valence-electron chi connectivity index (χ3n) is 3.01. The van der Waals surface area contributed by atoms with Crippen molar-refractivity contribution in [2.24, 2.45) is 7.05 Å². The van der Waals surface area contributed by atoms with Crippen LogP contribution in [0, 0.1) is 6.92 Å². The zero-order valence-electron chi connectivity index (χ0n) is 10.1. The molecule has 2 heterocycles. The second-order valence-corrected chi connectivity index (χ2v) is 4.58. The molecule has 0 saturated heterocycles. The molecule has 0 spiro atoms. The van der Waals surface area contributed by atoms with Gasteiger partial charge in [-0.25, -0.2) is 4.98 Å². The summed E-state index contributed by atoms with van der Waals surface area (Å²) in [5, 5.41) is 7.77. The summed E-state index contributed by atoms with van der Waals surface area (Å²) in [4.78, 5) is 4.27. The Morgan fingerprint density at radius 1 is 1.53 bits per heavy atom. The van der Waals surface area contributed by atoms with E-state index in [-0.39, 0.29) is 0 Å². The Labute approximate surface area is 99.8 Å². The first-order valence-corrected chi connectivity index (χ1v) is 5.91. The lowest BCUT2D eigenvalue weighted by atomic mass is 10.2. The van der Waals surface area contributed by atoms with Crippen molar-refractivity contribution < 1.29 is 4.42 Å². The molecule has 5 nitrogen and oxygen atoms in total. The summed E-state index contributed by atoms with van der Waals surface area (Å²) in [7, 11) is 1.92. The van der Waals surface area contributed by atoms with Gasteiger partial charge in [0.25, 0.3) is 0 Å². The largest absolute Gasteiger partial charge is 0.442 e. The maximum Gasteiger partial charge on any atom is 0.181 e. The standard InChI is InChI=1S/C12H16N4O/c1-8-5-11(16(2)15-8)12-10(14-7-17-12)6-13-9-3-4-9/h5,7,9,13H,3-4,6H2,1-2H3. The molecule has 1 fully saturated rings. The highest BCUT2D eigenvalue weighted by Crippen LogP contribution is 2.25. The van der Waals surface area contributed by atoms with Gasteiger partial charge in [0.05, 0.1) is 5.69 Å². The molecule has 3 rings (SSSR count). The van der Waals surface area contributed by atoms with E-state index in [9.17, 15) is 0 Å². The molecule has 2 aromatic rings.